The average molecular weight is 189 g/mol. The number of hydrogen-bond acceptors (Lipinski definition) is 4. The minimum Gasteiger partial charge on any atom is -0.390 e. The van der Waals surface area contributed by atoms with Crippen LogP contribution in [0.2, 0.25) is 0 Å². The van der Waals surface area contributed by atoms with Gasteiger partial charge in [0.2, 0.25) is 0 Å². The first kappa shape index (κ1) is 9.13. The minimum absolute atomic E-state index is 0.249. The van der Waals surface area contributed by atoms with Gasteiger partial charge in [0.25, 0.3) is 0 Å². The van der Waals surface area contributed by atoms with Gasteiger partial charge in [-0.15, -0.1) is 0 Å². The fraction of sp³-hybridized carbons (Fsp3) is 0.400. The predicted molar refractivity (Wildman–Crippen MR) is 50.2 cm³/mol. The molecule has 0 amide bonds. The number of pyridine rings is 1. The molecule has 0 aliphatic carbocycles. The second kappa shape index (κ2) is 3.74. The summed E-state index contributed by atoms with van der Waals surface area (Å²) in [6, 6.07) is 5.64. The lowest BCUT2D eigenvalue weighted by Gasteiger charge is -2.38. The maximum atomic E-state index is 9.15. The highest BCUT2D eigenvalue weighted by Gasteiger charge is 2.31. The van der Waals surface area contributed by atoms with Gasteiger partial charge < -0.3 is 5.11 Å². The van der Waals surface area contributed by atoms with Crippen molar-refractivity contribution in [3.63, 3.8) is 0 Å². The number of hydrogen-bond donors (Lipinski definition) is 1. The highest BCUT2D eigenvalue weighted by atomic mass is 16.3. The number of aliphatic hydroxyl groups is 1. The van der Waals surface area contributed by atoms with Crippen LogP contribution in [0.25, 0.3) is 0 Å². The number of nitrogens with zero attached hydrogens (tertiary/aromatic N) is 3. The summed E-state index contributed by atoms with van der Waals surface area (Å²) in [6.45, 7) is 1.17. The Morgan fingerprint density at radius 3 is 2.64 bits per heavy atom. The van der Waals surface area contributed by atoms with E-state index in [4.69, 9.17) is 10.4 Å². The normalized spacial score (nSPS) is 19.7. The molecule has 1 aromatic heterocycles. The Morgan fingerprint density at radius 2 is 2.14 bits per heavy atom. The van der Waals surface area contributed by atoms with Gasteiger partial charge in [-0.25, -0.2) is 0 Å². The average Bonchev–Trinajstić information content (AvgIpc) is 2.18. The minimum atomic E-state index is -0.271. The van der Waals surface area contributed by atoms with E-state index in [0.29, 0.717) is 13.1 Å². The van der Waals surface area contributed by atoms with Crippen molar-refractivity contribution in [2.24, 2.45) is 0 Å². The van der Waals surface area contributed by atoms with Crippen LogP contribution in [0, 0.1) is 11.3 Å². The maximum Gasteiger partial charge on any atom is 0.124 e. The molecular weight excluding hydrogens is 178 g/mol. The summed E-state index contributed by atoms with van der Waals surface area (Å²) in [5.74, 6) is 0. The van der Waals surface area contributed by atoms with E-state index in [0.717, 1.165) is 5.56 Å². The standard InChI is InChI=1S/C10H11N3O/c11-5-10(13-6-9(14)7-13)8-1-3-12-4-2-8/h1-4,9-10,14H,6-7H2/t10-/m0/s1. The highest BCUT2D eigenvalue weighted by molar-refractivity contribution is 5.22. The molecule has 1 fully saturated rings. The van der Waals surface area contributed by atoms with E-state index in [2.05, 4.69) is 11.1 Å². The molecule has 4 heteroatoms. The zero-order valence-corrected chi connectivity index (χ0v) is 7.67. The molecular formula is C10H11N3O. The molecule has 1 aliphatic rings. The molecule has 0 radical (unpaired) electrons. The van der Waals surface area contributed by atoms with Gasteiger partial charge in [-0.1, -0.05) is 0 Å². The number of nitriles is 1. The van der Waals surface area contributed by atoms with E-state index in [-0.39, 0.29) is 12.1 Å². The van der Waals surface area contributed by atoms with Gasteiger partial charge in [-0.05, 0) is 17.7 Å². The fourth-order valence-electron chi connectivity index (χ4n) is 1.61. The van der Waals surface area contributed by atoms with Gasteiger partial charge in [-0.3, -0.25) is 9.88 Å². The van der Waals surface area contributed by atoms with Crippen LogP contribution in [0.1, 0.15) is 11.6 Å². The quantitative estimate of drug-likeness (QED) is 0.728. The molecule has 0 bridgehead atoms. The molecule has 4 nitrogen and oxygen atoms in total. The largest absolute Gasteiger partial charge is 0.390 e. The molecule has 1 saturated heterocycles. The summed E-state index contributed by atoms with van der Waals surface area (Å²) in [4.78, 5) is 5.85. The summed E-state index contributed by atoms with van der Waals surface area (Å²) in [5.41, 5.74) is 0.939. The van der Waals surface area contributed by atoms with Crippen LogP contribution in [-0.2, 0) is 0 Å². The number of rotatable bonds is 2. The summed E-state index contributed by atoms with van der Waals surface area (Å²) < 4.78 is 0. The SMILES string of the molecule is N#C[C@@H](c1ccncc1)N1CC(O)C1. The van der Waals surface area contributed by atoms with Crippen molar-refractivity contribution in [3.8, 4) is 6.07 Å². The van der Waals surface area contributed by atoms with Crippen molar-refractivity contribution < 1.29 is 5.11 Å². The Labute approximate surface area is 82.4 Å². The zero-order chi connectivity index (χ0) is 9.97. The number of aliphatic hydroxyl groups excluding tert-OH is 1. The third-order valence-corrected chi connectivity index (χ3v) is 2.40. The second-order valence-electron chi connectivity index (χ2n) is 3.42. The van der Waals surface area contributed by atoms with Crippen molar-refractivity contribution in [2.75, 3.05) is 13.1 Å². The fourth-order valence-corrected chi connectivity index (χ4v) is 1.61. The van der Waals surface area contributed by atoms with Crippen molar-refractivity contribution in [1.29, 1.82) is 5.26 Å². The molecule has 0 unspecified atom stereocenters. The number of likely N-dealkylation sites (tertiary alicyclic amines) is 1. The molecule has 14 heavy (non-hydrogen) atoms. The molecule has 72 valence electrons. The third-order valence-electron chi connectivity index (χ3n) is 2.40. The first-order valence-electron chi connectivity index (χ1n) is 4.53. The lowest BCUT2D eigenvalue weighted by atomic mass is 10.0. The molecule has 1 aliphatic heterocycles. The van der Waals surface area contributed by atoms with Gasteiger partial charge in [0, 0.05) is 25.5 Å². The Morgan fingerprint density at radius 1 is 1.50 bits per heavy atom. The second-order valence-corrected chi connectivity index (χ2v) is 3.42. The van der Waals surface area contributed by atoms with Crippen LogP contribution in [0.3, 0.4) is 0 Å². The van der Waals surface area contributed by atoms with E-state index < -0.39 is 0 Å². The van der Waals surface area contributed by atoms with Gasteiger partial charge in [0.15, 0.2) is 0 Å². The third kappa shape index (κ3) is 1.60. The summed E-state index contributed by atoms with van der Waals surface area (Å²) in [7, 11) is 0. The molecule has 0 spiro atoms. The van der Waals surface area contributed by atoms with E-state index in [1.54, 1.807) is 12.4 Å². The molecule has 2 heterocycles. The van der Waals surface area contributed by atoms with Crippen molar-refractivity contribution in [3.05, 3.63) is 30.1 Å². The van der Waals surface area contributed by atoms with Crippen molar-refractivity contribution >= 4 is 0 Å². The topological polar surface area (TPSA) is 60.2 Å². The zero-order valence-electron chi connectivity index (χ0n) is 7.67. The first-order chi connectivity index (χ1) is 6.81. The Hall–Kier alpha value is -1.44. The van der Waals surface area contributed by atoms with Crippen LogP contribution in [0.5, 0.6) is 0 Å². The van der Waals surface area contributed by atoms with E-state index in [1.807, 2.05) is 17.0 Å². The summed E-state index contributed by atoms with van der Waals surface area (Å²) >= 11 is 0. The van der Waals surface area contributed by atoms with Crippen molar-refractivity contribution in [1.82, 2.24) is 9.88 Å². The van der Waals surface area contributed by atoms with Gasteiger partial charge in [0.05, 0.1) is 12.2 Å². The Balaban J connectivity index is 2.12. The lowest BCUT2D eigenvalue weighted by Crippen LogP contribution is -2.51. The van der Waals surface area contributed by atoms with Crippen LogP contribution in [-0.4, -0.2) is 34.2 Å². The van der Waals surface area contributed by atoms with Crippen LogP contribution >= 0.6 is 0 Å². The monoisotopic (exact) mass is 189 g/mol. The highest BCUT2D eigenvalue weighted by Crippen LogP contribution is 2.24. The molecule has 1 aromatic rings. The van der Waals surface area contributed by atoms with Crippen LogP contribution < -0.4 is 0 Å². The number of β-amino-alcohol motifs (C(OH)–C–C–N with tert-alkyl or cyclic N) is 1. The van der Waals surface area contributed by atoms with Gasteiger partial charge >= 0.3 is 0 Å². The van der Waals surface area contributed by atoms with Crippen LogP contribution in [0.15, 0.2) is 24.5 Å². The lowest BCUT2D eigenvalue weighted by molar-refractivity contribution is -0.0127. The molecule has 1 atom stereocenters. The molecule has 0 saturated carbocycles. The van der Waals surface area contributed by atoms with Crippen molar-refractivity contribution in [2.45, 2.75) is 12.1 Å². The Bertz CT molecular complexity index is 340. The molecule has 2 rings (SSSR count). The first-order valence-corrected chi connectivity index (χ1v) is 4.53. The predicted octanol–water partition coefficient (Wildman–Crippen LogP) is 0.323. The van der Waals surface area contributed by atoms with Crippen LogP contribution in [0.4, 0.5) is 0 Å². The number of aromatic nitrogens is 1. The Kier molecular flexibility index (Phi) is 2.44. The van der Waals surface area contributed by atoms with E-state index in [9.17, 15) is 0 Å². The molecule has 0 aromatic carbocycles. The maximum absolute atomic E-state index is 9.15. The smallest absolute Gasteiger partial charge is 0.124 e. The summed E-state index contributed by atoms with van der Waals surface area (Å²) in [6.07, 6.45) is 3.08. The summed E-state index contributed by atoms with van der Waals surface area (Å²) in [5, 5.41) is 18.2. The van der Waals surface area contributed by atoms with Gasteiger partial charge in [0.1, 0.15) is 6.04 Å². The molecule has 1 N–H and O–H groups in total. The van der Waals surface area contributed by atoms with E-state index in [1.165, 1.54) is 0 Å². The van der Waals surface area contributed by atoms with Gasteiger partial charge in [-0.2, -0.15) is 5.26 Å². The van der Waals surface area contributed by atoms with E-state index >= 15 is 0 Å².